The number of benzene rings is 1. The van der Waals surface area contributed by atoms with Crippen molar-refractivity contribution >= 4 is 6.03 Å². The van der Waals surface area contributed by atoms with Crippen molar-refractivity contribution in [3.63, 3.8) is 0 Å². The van der Waals surface area contributed by atoms with Crippen LogP contribution in [0.2, 0.25) is 0 Å². The number of hydrogen-bond donors (Lipinski definition) is 2. The molecule has 1 fully saturated rings. The third kappa shape index (κ3) is 3.66. The van der Waals surface area contributed by atoms with Gasteiger partial charge in [0.1, 0.15) is 11.6 Å². The predicted octanol–water partition coefficient (Wildman–Crippen LogP) is 2.16. The summed E-state index contributed by atoms with van der Waals surface area (Å²) < 4.78 is 26.4. The molecule has 0 saturated carbocycles. The average Bonchev–Trinajstić information content (AvgIpc) is 2.38. The highest BCUT2D eigenvalue weighted by molar-refractivity contribution is 5.72. The number of likely N-dealkylation sites (tertiary alicyclic amines) is 1. The molecule has 2 amide bonds. The van der Waals surface area contributed by atoms with Crippen LogP contribution in [0, 0.1) is 11.6 Å². The third-order valence-corrected chi connectivity index (χ3v) is 3.68. The second kappa shape index (κ2) is 6.17. The molecule has 20 heavy (non-hydrogen) atoms. The number of carbonyl (C=O) groups is 1. The summed E-state index contributed by atoms with van der Waals surface area (Å²) in [7, 11) is 0. The number of piperidine rings is 1. The molecular weight excluding hydrogens is 264 g/mol. The van der Waals surface area contributed by atoms with Crippen molar-refractivity contribution in [1.29, 1.82) is 0 Å². The first-order chi connectivity index (χ1) is 9.45. The van der Waals surface area contributed by atoms with E-state index in [2.05, 4.69) is 5.32 Å². The fraction of sp³-hybridized carbons (Fsp3) is 0.500. The van der Waals surface area contributed by atoms with Crippen molar-refractivity contribution in [1.82, 2.24) is 10.2 Å². The monoisotopic (exact) mass is 283 g/mol. The van der Waals surface area contributed by atoms with E-state index in [9.17, 15) is 13.6 Å². The van der Waals surface area contributed by atoms with Crippen LogP contribution in [0.1, 0.15) is 31.4 Å². The highest BCUT2D eigenvalue weighted by atomic mass is 19.1. The molecule has 1 atom stereocenters. The van der Waals surface area contributed by atoms with Gasteiger partial charge >= 0.3 is 6.03 Å². The minimum Gasteiger partial charge on any atom is -0.351 e. The summed E-state index contributed by atoms with van der Waals surface area (Å²) in [5, 5.41) is 3.34. The first kappa shape index (κ1) is 14.7. The number of nitrogens with two attached hydrogens (primary N) is 1. The molecule has 1 aromatic rings. The Labute approximate surface area is 116 Å². The quantitative estimate of drug-likeness (QED) is 0.893. The van der Waals surface area contributed by atoms with E-state index in [1.165, 1.54) is 12.1 Å². The number of halogens is 2. The summed E-state index contributed by atoms with van der Waals surface area (Å²) >= 11 is 0. The van der Waals surface area contributed by atoms with Gasteiger partial charge in [-0.2, -0.15) is 0 Å². The largest absolute Gasteiger partial charge is 0.351 e. The Bertz CT molecular complexity index is 467. The first-order valence-corrected chi connectivity index (χ1v) is 6.72. The van der Waals surface area contributed by atoms with Gasteiger partial charge in [-0.25, -0.2) is 13.6 Å². The second-order valence-electron chi connectivity index (χ2n) is 5.19. The number of carbonyl (C=O) groups excluding carboxylic acids is 1. The van der Waals surface area contributed by atoms with Crippen LogP contribution in [0.15, 0.2) is 18.2 Å². The lowest BCUT2D eigenvalue weighted by atomic mass is 10.0. The molecule has 0 radical (unpaired) electrons. The zero-order valence-corrected chi connectivity index (χ0v) is 11.4. The van der Waals surface area contributed by atoms with Gasteiger partial charge in [0.05, 0.1) is 0 Å². The highest BCUT2D eigenvalue weighted by Crippen LogP contribution is 2.19. The van der Waals surface area contributed by atoms with Crippen LogP contribution in [0.25, 0.3) is 0 Å². The van der Waals surface area contributed by atoms with Crippen molar-refractivity contribution in [2.24, 2.45) is 5.73 Å². The molecule has 4 nitrogen and oxygen atoms in total. The molecule has 1 aromatic carbocycles. The van der Waals surface area contributed by atoms with Crippen molar-refractivity contribution in [2.75, 3.05) is 13.1 Å². The Morgan fingerprint density at radius 2 is 1.85 bits per heavy atom. The number of nitrogens with zero attached hydrogens (tertiary/aromatic N) is 1. The molecule has 1 aliphatic heterocycles. The van der Waals surface area contributed by atoms with Gasteiger partial charge in [0.2, 0.25) is 0 Å². The normalized spacial score (nSPS) is 18.1. The van der Waals surface area contributed by atoms with Crippen LogP contribution in [0.3, 0.4) is 0 Å². The lowest BCUT2D eigenvalue weighted by Crippen LogP contribution is -2.47. The molecule has 110 valence electrons. The van der Waals surface area contributed by atoms with Crippen LogP contribution < -0.4 is 11.1 Å². The molecule has 3 N–H and O–H groups in total. The van der Waals surface area contributed by atoms with Gasteiger partial charge in [0, 0.05) is 31.2 Å². The molecule has 0 spiro atoms. The first-order valence-electron chi connectivity index (χ1n) is 6.72. The van der Waals surface area contributed by atoms with Crippen molar-refractivity contribution in [3.05, 3.63) is 35.4 Å². The average molecular weight is 283 g/mol. The Morgan fingerprint density at radius 1 is 1.30 bits per heavy atom. The van der Waals surface area contributed by atoms with Gasteiger partial charge in [-0.1, -0.05) is 0 Å². The summed E-state index contributed by atoms with van der Waals surface area (Å²) in [5.74, 6) is -1.14. The van der Waals surface area contributed by atoms with Gasteiger partial charge < -0.3 is 16.0 Å². The lowest BCUT2D eigenvalue weighted by molar-refractivity contribution is 0.183. The van der Waals surface area contributed by atoms with Gasteiger partial charge in [-0.15, -0.1) is 0 Å². The zero-order chi connectivity index (χ0) is 14.7. The van der Waals surface area contributed by atoms with E-state index in [4.69, 9.17) is 5.73 Å². The maximum Gasteiger partial charge on any atom is 0.314 e. The predicted molar refractivity (Wildman–Crippen MR) is 72.1 cm³/mol. The number of urea groups is 1. The Kier molecular flexibility index (Phi) is 4.54. The number of rotatable bonds is 3. The molecule has 0 aromatic heterocycles. The molecule has 2 rings (SSSR count). The van der Waals surface area contributed by atoms with Gasteiger partial charge in [0.25, 0.3) is 0 Å². The SMILES string of the molecule is CC(NC1CCN(C(N)=O)CC1)c1cc(F)cc(F)c1. The van der Waals surface area contributed by atoms with E-state index in [-0.39, 0.29) is 12.1 Å². The van der Waals surface area contributed by atoms with Crippen LogP contribution in [-0.2, 0) is 0 Å². The van der Waals surface area contributed by atoms with Crippen LogP contribution in [0.4, 0.5) is 13.6 Å². The second-order valence-corrected chi connectivity index (χ2v) is 5.19. The number of hydrogen-bond acceptors (Lipinski definition) is 2. The molecular formula is C14H19F2N3O. The Morgan fingerprint density at radius 3 is 2.35 bits per heavy atom. The number of nitrogens with one attached hydrogen (secondary N) is 1. The smallest absolute Gasteiger partial charge is 0.314 e. The van der Waals surface area contributed by atoms with E-state index < -0.39 is 17.7 Å². The van der Waals surface area contributed by atoms with E-state index >= 15 is 0 Å². The van der Waals surface area contributed by atoms with Gasteiger partial charge in [-0.3, -0.25) is 0 Å². The molecule has 0 aliphatic carbocycles. The van der Waals surface area contributed by atoms with Crippen molar-refractivity contribution in [2.45, 2.75) is 31.8 Å². The Hall–Kier alpha value is -1.69. The molecule has 1 unspecified atom stereocenters. The number of amides is 2. The Balaban J connectivity index is 1.92. The summed E-state index contributed by atoms with van der Waals surface area (Å²) in [5.41, 5.74) is 5.80. The maximum absolute atomic E-state index is 13.2. The van der Waals surface area contributed by atoms with Gasteiger partial charge in [0.15, 0.2) is 0 Å². The summed E-state index contributed by atoms with van der Waals surface area (Å²) in [6.45, 7) is 3.09. The standard InChI is InChI=1S/C14H19F2N3O/c1-9(10-6-11(15)8-12(16)7-10)18-13-2-4-19(5-3-13)14(17)20/h6-9,13,18H,2-5H2,1H3,(H2,17,20). The summed E-state index contributed by atoms with van der Waals surface area (Å²) in [6, 6.07) is 3.20. The van der Waals surface area contributed by atoms with Gasteiger partial charge in [-0.05, 0) is 37.5 Å². The van der Waals surface area contributed by atoms with Crippen LogP contribution in [-0.4, -0.2) is 30.1 Å². The highest BCUT2D eigenvalue weighted by Gasteiger charge is 2.22. The molecule has 0 bridgehead atoms. The third-order valence-electron chi connectivity index (χ3n) is 3.68. The minimum absolute atomic E-state index is 0.148. The molecule has 1 heterocycles. The number of primary amides is 1. The molecule has 6 heteroatoms. The van der Waals surface area contributed by atoms with Crippen LogP contribution >= 0.6 is 0 Å². The molecule has 1 aliphatic rings. The molecule has 1 saturated heterocycles. The maximum atomic E-state index is 13.2. The minimum atomic E-state index is -0.572. The zero-order valence-electron chi connectivity index (χ0n) is 11.4. The fourth-order valence-electron chi connectivity index (χ4n) is 2.54. The van der Waals surface area contributed by atoms with Crippen LogP contribution in [0.5, 0.6) is 0 Å². The van der Waals surface area contributed by atoms with Crippen molar-refractivity contribution in [3.8, 4) is 0 Å². The van der Waals surface area contributed by atoms with E-state index in [0.717, 1.165) is 18.9 Å². The summed E-state index contributed by atoms with van der Waals surface area (Å²) in [6.07, 6.45) is 1.57. The topological polar surface area (TPSA) is 58.4 Å². The van der Waals surface area contributed by atoms with E-state index in [1.807, 2.05) is 6.92 Å². The van der Waals surface area contributed by atoms with Crippen molar-refractivity contribution < 1.29 is 13.6 Å². The lowest BCUT2D eigenvalue weighted by Gasteiger charge is -2.33. The van der Waals surface area contributed by atoms with E-state index in [0.29, 0.717) is 18.7 Å². The van der Waals surface area contributed by atoms with E-state index in [1.54, 1.807) is 4.90 Å². The summed E-state index contributed by atoms with van der Waals surface area (Å²) in [4.78, 5) is 12.6. The fourth-order valence-corrected chi connectivity index (χ4v) is 2.54.